The number of hydrogen-bond acceptors (Lipinski definition) is 3. The van der Waals surface area contributed by atoms with Crippen LogP contribution in [0.15, 0.2) is 18.3 Å². The largest absolute Gasteiger partial charge is 0.469 e. The number of hydrogen-bond donors (Lipinski definition) is 0. The summed E-state index contributed by atoms with van der Waals surface area (Å²) in [5, 5.41) is 0. The molecule has 0 bridgehead atoms. The van der Waals surface area contributed by atoms with E-state index in [-0.39, 0.29) is 12.4 Å². The number of esters is 1. The molecule has 0 spiro atoms. The number of pyridine rings is 1. The van der Waals surface area contributed by atoms with Crippen molar-refractivity contribution in [3.8, 4) is 0 Å². The number of methoxy groups -OCH3 is 1. The van der Waals surface area contributed by atoms with E-state index in [1.54, 1.807) is 6.20 Å². The Bertz CT molecular complexity index is 279. The predicted molar refractivity (Wildman–Crippen MR) is 49.3 cm³/mol. The quantitative estimate of drug-likeness (QED) is 0.658. The Morgan fingerprint density at radius 1 is 1.54 bits per heavy atom. The van der Waals surface area contributed by atoms with E-state index >= 15 is 0 Å². The van der Waals surface area contributed by atoms with Gasteiger partial charge in [-0.05, 0) is 18.1 Å². The van der Waals surface area contributed by atoms with Gasteiger partial charge in [-0.1, -0.05) is 13.0 Å². The topological polar surface area (TPSA) is 39.2 Å². The van der Waals surface area contributed by atoms with Gasteiger partial charge in [0.1, 0.15) is 0 Å². The summed E-state index contributed by atoms with van der Waals surface area (Å²) in [5.74, 6) is -0.253. The van der Waals surface area contributed by atoms with Crippen molar-refractivity contribution in [3.63, 3.8) is 0 Å². The first-order valence-corrected chi connectivity index (χ1v) is 4.27. The average Bonchev–Trinajstić information content (AvgIpc) is 2.19. The normalized spacial score (nSPS) is 9.69. The van der Waals surface area contributed by atoms with Crippen molar-refractivity contribution < 1.29 is 9.53 Å². The van der Waals surface area contributed by atoms with Crippen LogP contribution in [0.3, 0.4) is 0 Å². The highest BCUT2D eigenvalue weighted by atomic mass is 16.5. The van der Waals surface area contributed by atoms with Gasteiger partial charge in [-0.3, -0.25) is 9.78 Å². The van der Waals surface area contributed by atoms with Crippen LogP contribution in [-0.4, -0.2) is 18.1 Å². The van der Waals surface area contributed by atoms with E-state index in [9.17, 15) is 4.79 Å². The van der Waals surface area contributed by atoms with Gasteiger partial charge in [0.05, 0.1) is 19.2 Å². The number of aromatic nitrogens is 1. The smallest absolute Gasteiger partial charge is 0.311 e. The van der Waals surface area contributed by atoms with Gasteiger partial charge in [-0.15, -0.1) is 0 Å². The minimum atomic E-state index is -0.253. The third-order valence-corrected chi connectivity index (χ3v) is 1.85. The van der Waals surface area contributed by atoms with Crippen molar-refractivity contribution in [2.24, 2.45) is 0 Å². The summed E-state index contributed by atoms with van der Waals surface area (Å²) >= 11 is 0. The fourth-order valence-corrected chi connectivity index (χ4v) is 0.989. The van der Waals surface area contributed by atoms with Crippen LogP contribution in [0.2, 0.25) is 0 Å². The second kappa shape index (κ2) is 4.60. The minimum absolute atomic E-state index is 0.250. The van der Waals surface area contributed by atoms with Crippen molar-refractivity contribution >= 4 is 5.97 Å². The molecule has 0 aliphatic carbocycles. The monoisotopic (exact) mass is 179 g/mol. The third-order valence-electron chi connectivity index (χ3n) is 1.85. The molecular formula is C10H13NO2. The molecule has 0 atom stereocenters. The SMILES string of the molecule is CCc1ccc(CC(=O)OC)nc1. The van der Waals surface area contributed by atoms with Crippen molar-refractivity contribution in [1.29, 1.82) is 0 Å². The molecule has 1 aromatic heterocycles. The summed E-state index contributed by atoms with van der Waals surface area (Å²) < 4.78 is 4.53. The average molecular weight is 179 g/mol. The fraction of sp³-hybridized carbons (Fsp3) is 0.400. The van der Waals surface area contributed by atoms with Crippen LogP contribution >= 0.6 is 0 Å². The number of aryl methyl sites for hydroxylation is 1. The lowest BCUT2D eigenvalue weighted by Gasteiger charge is -2.00. The molecule has 0 saturated carbocycles. The minimum Gasteiger partial charge on any atom is -0.469 e. The first kappa shape index (κ1) is 9.71. The Morgan fingerprint density at radius 2 is 2.31 bits per heavy atom. The first-order valence-electron chi connectivity index (χ1n) is 4.27. The van der Waals surface area contributed by atoms with E-state index in [0.717, 1.165) is 12.1 Å². The van der Waals surface area contributed by atoms with Crippen molar-refractivity contribution in [3.05, 3.63) is 29.6 Å². The third kappa shape index (κ3) is 2.86. The van der Waals surface area contributed by atoms with Gasteiger partial charge in [0, 0.05) is 6.20 Å². The Labute approximate surface area is 77.8 Å². The summed E-state index contributed by atoms with van der Waals surface area (Å²) in [6.45, 7) is 2.07. The van der Waals surface area contributed by atoms with Crippen LogP contribution in [0.1, 0.15) is 18.2 Å². The zero-order valence-electron chi connectivity index (χ0n) is 7.91. The highest BCUT2D eigenvalue weighted by Crippen LogP contribution is 2.02. The van der Waals surface area contributed by atoms with Gasteiger partial charge in [-0.2, -0.15) is 0 Å². The van der Waals surface area contributed by atoms with Gasteiger partial charge in [0.25, 0.3) is 0 Å². The Kier molecular flexibility index (Phi) is 3.43. The van der Waals surface area contributed by atoms with Gasteiger partial charge < -0.3 is 4.74 Å². The second-order valence-electron chi connectivity index (χ2n) is 2.76. The highest BCUT2D eigenvalue weighted by Gasteiger charge is 2.02. The lowest BCUT2D eigenvalue weighted by Crippen LogP contribution is -2.05. The van der Waals surface area contributed by atoms with Crippen molar-refractivity contribution in [2.45, 2.75) is 19.8 Å². The van der Waals surface area contributed by atoms with Crippen LogP contribution in [0.4, 0.5) is 0 Å². The maximum atomic E-state index is 10.9. The fourth-order valence-electron chi connectivity index (χ4n) is 0.989. The summed E-state index contributed by atoms with van der Waals surface area (Å²) in [6, 6.07) is 3.83. The number of ether oxygens (including phenoxy) is 1. The maximum absolute atomic E-state index is 10.9. The van der Waals surface area contributed by atoms with Crippen LogP contribution in [-0.2, 0) is 22.4 Å². The van der Waals surface area contributed by atoms with Gasteiger partial charge >= 0.3 is 5.97 Å². The van der Waals surface area contributed by atoms with E-state index in [2.05, 4.69) is 16.6 Å². The second-order valence-corrected chi connectivity index (χ2v) is 2.76. The molecule has 1 rings (SSSR count). The molecule has 3 nitrogen and oxygen atoms in total. The van der Waals surface area contributed by atoms with Crippen LogP contribution in [0.25, 0.3) is 0 Å². The molecule has 0 aliphatic rings. The molecule has 3 heteroatoms. The molecule has 70 valence electrons. The Hall–Kier alpha value is -1.38. The molecule has 0 amide bonds. The van der Waals surface area contributed by atoms with E-state index in [0.29, 0.717) is 0 Å². The predicted octanol–water partition coefficient (Wildman–Crippen LogP) is 1.36. The number of carbonyl (C=O) groups excluding carboxylic acids is 1. The van der Waals surface area contributed by atoms with E-state index in [1.165, 1.54) is 12.7 Å². The summed E-state index contributed by atoms with van der Waals surface area (Å²) in [6.07, 6.45) is 3.00. The van der Waals surface area contributed by atoms with E-state index in [1.807, 2.05) is 12.1 Å². The molecule has 0 fully saturated rings. The molecule has 13 heavy (non-hydrogen) atoms. The lowest BCUT2D eigenvalue weighted by atomic mass is 10.2. The van der Waals surface area contributed by atoms with Crippen molar-refractivity contribution in [2.75, 3.05) is 7.11 Å². The summed E-state index contributed by atoms with van der Waals surface area (Å²) in [4.78, 5) is 15.0. The zero-order chi connectivity index (χ0) is 9.68. The van der Waals surface area contributed by atoms with E-state index in [4.69, 9.17) is 0 Å². The molecule has 0 N–H and O–H groups in total. The molecule has 1 aromatic rings. The highest BCUT2D eigenvalue weighted by molar-refractivity contribution is 5.71. The van der Waals surface area contributed by atoms with Crippen LogP contribution < -0.4 is 0 Å². The van der Waals surface area contributed by atoms with Gasteiger partial charge in [0.2, 0.25) is 0 Å². The first-order chi connectivity index (χ1) is 6.26. The molecule has 0 radical (unpaired) electrons. The number of carbonyl (C=O) groups is 1. The van der Waals surface area contributed by atoms with Gasteiger partial charge in [-0.25, -0.2) is 0 Å². The molecule has 1 heterocycles. The molecule has 0 unspecified atom stereocenters. The molecule has 0 saturated heterocycles. The zero-order valence-corrected chi connectivity index (χ0v) is 7.91. The Balaban J connectivity index is 2.64. The molecule has 0 aliphatic heterocycles. The van der Waals surface area contributed by atoms with Crippen molar-refractivity contribution in [1.82, 2.24) is 4.98 Å². The molecule has 0 aromatic carbocycles. The maximum Gasteiger partial charge on any atom is 0.311 e. The van der Waals surface area contributed by atoms with Gasteiger partial charge in [0.15, 0.2) is 0 Å². The van der Waals surface area contributed by atoms with E-state index < -0.39 is 0 Å². The van der Waals surface area contributed by atoms with Crippen LogP contribution in [0.5, 0.6) is 0 Å². The Morgan fingerprint density at radius 3 is 2.77 bits per heavy atom. The number of nitrogens with zero attached hydrogens (tertiary/aromatic N) is 1. The van der Waals surface area contributed by atoms with Crippen LogP contribution in [0, 0.1) is 0 Å². The standard InChI is InChI=1S/C10H13NO2/c1-3-8-4-5-9(11-7-8)6-10(12)13-2/h4-5,7H,3,6H2,1-2H3. The lowest BCUT2D eigenvalue weighted by molar-refractivity contribution is -0.139. The summed E-state index contributed by atoms with van der Waals surface area (Å²) in [7, 11) is 1.38. The molecular weight excluding hydrogens is 166 g/mol. The summed E-state index contributed by atoms with van der Waals surface area (Å²) in [5.41, 5.74) is 1.93. The number of rotatable bonds is 3.